The number of nitrogens with one attached hydrogen (secondary N) is 2. The molecule has 1 saturated heterocycles. The average molecular weight is 370 g/mol. The predicted molar refractivity (Wildman–Crippen MR) is 102 cm³/mol. The standard InChI is InChI=1S/C17H24ClN3O2S/c1-17(2,3)23-16(22)20-14-8-10-21(11-9-14)15(24)19-13-6-4-12(18)5-7-13/h4-7,14H,8-11H2,1-3H3,(H,19,24)(H,20,22). The Bertz CT molecular complexity index is 578. The molecule has 5 nitrogen and oxygen atoms in total. The topological polar surface area (TPSA) is 53.6 Å². The maximum Gasteiger partial charge on any atom is 0.407 e. The first-order valence-corrected chi connectivity index (χ1v) is 8.82. The Morgan fingerprint density at radius 3 is 2.38 bits per heavy atom. The maximum absolute atomic E-state index is 11.8. The fraction of sp³-hybridized carbons (Fsp3) is 0.529. The zero-order valence-electron chi connectivity index (χ0n) is 14.3. The predicted octanol–water partition coefficient (Wildman–Crippen LogP) is 4.03. The number of rotatable bonds is 2. The second-order valence-electron chi connectivity index (χ2n) is 6.84. The largest absolute Gasteiger partial charge is 0.444 e. The molecule has 1 aliphatic heterocycles. The van der Waals surface area contributed by atoms with E-state index in [9.17, 15) is 4.79 Å². The van der Waals surface area contributed by atoms with Crippen molar-refractivity contribution in [2.24, 2.45) is 0 Å². The Labute approximate surface area is 153 Å². The molecule has 1 aromatic carbocycles. The van der Waals surface area contributed by atoms with Crippen molar-refractivity contribution in [1.29, 1.82) is 0 Å². The van der Waals surface area contributed by atoms with Crippen molar-refractivity contribution < 1.29 is 9.53 Å². The summed E-state index contributed by atoms with van der Waals surface area (Å²) in [6.07, 6.45) is 1.31. The van der Waals surface area contributed by atoms with Gasteiger partial charge in [0.25, 0.3) is 0 Å². The highest BCUT2D eigenvalue weighted by atomic mass is 35.5. The molecule has 0 aromatic heterocycles. The SMILES string of the molecule is CC(C)(C)OC(=O)NC1CCN(C(=S)Nc2ccc(Cl)cc2)CC1. The number of carbonyl (C=O) groups is 1. The molecule has 0 saturated carbocycles. The molecule has 2 rings (SSSR count). The Morgan fingerprint density at radius 2 is 1.83 bits per heavy atom. The number of amides is 1. The number of benzene rings is 1. The number of piperidine rings is 1. The van der Waals surface area contributed by atoms with E-state index >= 15 is 0 Å². The maximum atomic E-state index is 11.8. The fourth-order valence-corrected chi connectivity index (χ4v) is 2.86. The summed E-state index contributed by atoms with van der Waals surface area (Å²) >= 11 is 11.3. The third-order valence-corrected chi connectivity index (χ3v) is 4.21. The lowest BCUT2D eigenvalue weighted by molar-refractivity contribution is 0.0488. The van der Waals surface area contributed by atoms with Crippen molar-refractivity contribution in [3.8, 4) is 0 Å². The molecule has 0 unspecified atom stereocenters. The summed E-state index contributed by atoms with van der Waals surface area (Å²) in [7, 11) is 0. The number of halogens is 1. The van der Waals surface area contributed by atoms with Gasteiger partial charge in [-0.25, -0.2) is 4.79 Å². The molecule has 0 aliphatic carbocycles. The minimum absolute atomic E-state index is 0.120. The van der Waals surface area contributed by atoms with E-state index in [0.29, 0.717) is 10.1 Å². The first-order chi connectivity index (χ1) is 11.2. The number of nitrogens with zero attached hydrogens (tertiary/aromatic N) is 1. The molecule has 1 heterocycles. The average Bonchev–Trinajstić information content (AvgIpc) is 2.48. The molecule has 0 atom stereocenters. The van der Waals surface area contributed by atoms with Crippen LogP contribution in [0.15, 0.2) is 24.3 Å². The van der Waals surface area contributed by atoms with Crippen LogP contribution in [0.2, 0.25) is 5.02 Å². The second-order valence-corrected chi connectivity index (χ2v) is 7.67. The van der Waals surface area contributed by atoms with Crippen molar-refractivity contribution >= 4 is 40.7 Å². The van der Waals surface area contributed by atoms with E-state index in [1.165, 1.54) is 0 Å². The molecule has 24 heavy (non-hydrogen) atoms. The zero-order valence-corrected chi connectivity index (χ0v) is 15.8. The number of thiocarbonyl (C=S) groups is 1. The number of likely N-dealkylation sites (tertiary alicyclic amines) is 1. The molecule has 0 bridgehead atoms. The van der Waals surface area contributed by atoms with Crippen LogP contribution in [0.5, 0.6) is 0 Å². The first kappa shape index (κ1) is 18.8. The summed E-state index contributed by atoms with van der Waals surface area (Å²) in [5.74, 6) is 0. The number of carbonyl (C=O) groups excluding carboxylic acids is 1. The van der Waals surface area contributed by atoms with E-state index in [4.69, 9.17) is 28.6 Å². The van der Waals surface area contributed by atoms with Crippen molar-refractivity contribution in [3.63, 3.8) is 0 Å². The summed E-state index contributed by atoms with van der Waals surface area (Å²) in [6, 6.07) is 7.55. The van der Waals surface area contributed by atoms with Gasteiger partial charge < -0.3 is 20.3 Å². The van der Waals surface area contributed by atoms with Gasteiger partial charge in [0.05, 0.1) is 0 Å². The second kappa shape index (κ2) is 8.03. The van der Waals surface area contributed by atoms with Gasteiger partial charge in [0, 0.05) is 29.8 Å². The van der Waals surface area contributed by atoms with E-state index in [2.05, 4.69) is 15.5 Å². The fourth-order valence-electron chi connectivity index (χ4n) is 2.44. The van der Waals surface area contributed by atoms with Gasteiger partial charge in [-0.05, 0) is 70.1 Å². The van der Waals surface area contributed by atoms with E-state index in [-0.39, 0.29) is 12.1 Å². The Morgan fingerprint density at radius 1 is 1.25 bits per heavy atom. The molecule has 1 aliphatic rings. The van der Waals surface area contributed by atoms with Gasteiger partial charge in [0.15, 0.2) is 5.11 Å². The van der Waals surface area contributed by atoms with Crippen LogP contribution in [0.25, 0.3) is 0 Å². The smallest absolute Gasteiger partial charge is 0.407 e. The third kappa shape index (κ3) is 6.17. The van der Waals surface area contributed by atoms with Gasteiger partial charge in [-0.1, -0.05) is 11.6 Å². The Balaban J connectivity index is 1.76. The number of ether oxygens (including phenoxy) is 1. The van der Waals surface area contributed by atoms with E-state index in [1.807, 2.05) is 45.0 Å². The van der Waals surface area contributed by atoms with Gasteiger partial charge in [0.1, 0.15) is 5.60 Å². The molecule has 0 spiro atoms. The van der Waals surface area contributed by atoms with E-state index < -0.39 is 5.60 Å². The van der Waals surface area contributed by atoms with Crippen LogP contribution in [-0.4, -0.2) is 40.8 Å². The highest BCUT2D eigenvalue weighted by molar-refractivity contribution is 7.80. The van der Waals surface area contributed by atoms with Crippen LogP contribution in [0.3, 0.4) is 0 Å². The van der Waals surface area contributed by atoms with Crippen molar-refractivity contribution in [1.82, 2.24) is 10.2 Å². The van der Waals surface area contributed by atoms with Crippen LogP contribution in [0.4, 0.5) is 10.5 Å². The van der Waals surface area contributed by atoms with Crippen molar-refractivity contribution in [3.05, 3.63) is 29.3 Å². The van der Waals surface area contributed by atoms with E-state index in [1.54, 1.807) is 0 Å². The van der Waals surface area contributed by atoms with Crippen LogP contribution in [-0.2, 0) is 4.74 Å². The zero-order chi connectivity index (χ0) is 17.7. The van der Waals surface area contributed by atoms with Crippen LogP contribution in [0.1, 0.15) is 33.6 Å². The van der Waals surface area contributed by atoms with Gasteiger partial charge in [0.2, 0.25) is 0 Å². The monoisotopic (exact) mass is 369 g/mol. The summed E-state index contributed by atoms with van der Waals surface area (Å²) in [4.78, 5) is 13.9. The Kier molecular flexibility index (Phi) is 6.29. The number of hydrogen-bond donors (Lipinski definition) is 2. The normalized spacial score (nSPS) is 15.8. The quantitative estimate of drug-likeness (QED) is 0.771. The summed E-state index contributed by atoms with van der Waals surface area (Å²) in [5.41, 5.74) is 0.438. The van der Waals surface area contributed by atoms with Crippen molar-refractivity contribution in [2.75, 3.05) is 18.4 Å². The van der Waals surface area contributed by atoms with Gasteiger partial charge in [-0.15, -0.1) is 0 Å². The summed E-state index contributed by atoms with van der Waals surface area (Å²) in [6.45, 7) is 7.15. The van der Waals surface area contributed by atoms with Crippen LogP contribution in [0, 0.1) is 0 Å². The number of anilines is 1. The molecule has 0 radical (unpaired) electrons. The van der Waals surface area contributed by atoms with Gasteiger partial charge in [-0.2, -0.15) is 0 Å². The Hall–Kier alpha value is -1.53. The molecular weight excluding hydrogens is 346 g/mol. The summed E-state index contributed by atoms with van der Waals surface area (Å²) in [5, 5.41) is 7.52. The molecule has 1 aromatic rings. The van der Waals surface area contributed by atoms with Gasteiger partial charge in [-0.3, -0.25) is 0 Å². The molecule has 132 valence electrons. The van der Waals surface area contributed by atoms with Crippen LogP contribution >= 0.6 is 23.8 Å². The highest BCUT2D eigenvalue weighted by Gasteiger charge is 2.24. The lowest BCUT2D eigenvalue weighted by atomic mass is 10.1. The molecule has 1 fully saturated rings. The number of hydrogen-bond acceptors (Lipinski definition) is 3. The first-order valence-electron chi connectivity index (χ1n) is 8.04. The lowest BCUT2D eigenvalue weighted by Crippen LogP contribution is -2.48. The minimum atomic E-state index is -0.477. The lowest BCUT2D eigenvalue weighted by Gasteiger charge is -2.34. The minimum Gasteiger partial charge on any atom is -0.444 e. The van der Waals surface area contributed by atoms with Crippen LogP contribution < -0.4 is 10.6 Å². The van der Waals surface area contributed by atoms with Crippen molar-refractivity contribution in [2.45, 2.75) is 45.3 Å². The molecular formula is C17H24ClN3O2S. The molecule has 2 N–H and O–H groups in total. The molecule has 7 heteroatoms. The molecule has 1 amide bonds. The highest BCUT2D eigenvalue weighted by Crippen LogP contribution is 2.16. The van der Waals surface area contributed by atoms with E-state index in [0.717, 1.165) is 31.6 Å². The number of alkyl carbamates (subject to hydrolysis) is 1. The van der Waals surface area contributed by atoms with Gasteiger partial charge >= 0.3 is 6.09 Å². The third-order valence-electron chi connectivity index (χ3n) is 3.60. The summed E-state index contributed by atoms with van der Waals surface area (Å²) < 4.78 is 5.29.